The van der Waals surface area contributed by atoms with Crippen LogP contribution < -0.4 is 14.2 Å². The molecule has 0 spiro atoms. The van der Waals surface area contributed by atoms with Gasteiger partial charge >= 0.3 is 5.97 Å². The Morgan fingerprint density at radius 3 is 2.32 bits per heavy atom. The number of allylic oxidation sites excluding steroid dienone is 1. The van der Waals surface area contributed by atoms with E-state index in [1.165, 1.54) is 6.07 Å². The lowest BCUT2D eigenvalue weighted by molar-refractivity contribution is -0.139. The molecule has 0 amide bonds. The zero-order valence-corrected chi connectivity index (χ0v) is 21.9. The summed E-state index contributed by atoms with van der Waals surface area (Å²) in [7, 11) is 3.17. The number of Topliss-reactive ketones (excluding diaryl/α,β-unsaturated/α-hetero) is 1. The maximum absolute atomic E-state index is 13.8. The van der Waals surface area contributed by atoms with Crippen LogP contribution in [0.15, 0.2) is 52.7 Å². The van der Waals surface area contributed by atoms with Gasteiger partial charge in [-0.15, -0.1) is 0 Å². The molecule has 1 N–H and O–H groups in total. The maximum atomic E-state index is 13.8. The number of fused-ring (bicyclic) bond motifs is 1. The third-order valence-electron chi connectivity index (χ3n) is 6.97. The number of carbonyl (C=O) groups is 2. The number of nitrogens with zero attached hydrogens (tertiary/aromatic N) is 1. The fourth-order valence-corrected chi connectivity index (χ4v) is 5.35. The standard InChI is InChI=1S/C29H33NO7/c1-6-36-24-15-18(8-10-21(24)31)27-26(29(33)37-7-2)16(3)30-20-12-19(13-22(32)28(20)27)17-9-11-23(34-4)25(14-17)35-5/h8-11,14-15,19,27-28,31H,6-7,12-13H2,1-5H3/t19-,27+,28?/m0/s1. The molecule has 2 aromatic carbocycles. The van der Waals surface area contributed by atoms with Crippen LogP contribution in [-0.4, -0.2) is 50.0 Å². The van der Waals surface area contributed by atoms with E-state index in [-0.39, 0.29) is 24.1 Å². The van der Waals surface area contributed by atoms with Crippen LogP contribution in [0.1, 0.15) is 56.6 Å². The number of phenols is 1. The van der Waals surface area contributed by atoms with Crippen molar-refractivity contribution in [2.75, 3.05) is 27.4 Å². The van der Waals surface area contributed by atoms with Crippen LogP contribution in [0.2, 0.25) is 0 Å². The Morgan fingerprint density at radius 2 is 1.65 bits per heavy atom. The second-order valence-corrected chi connectivity index (χ2v) is 9.12. The van der Waals surface area contributed by atoms with Crippen LogP contribution in [0, 0.1) is 5.92 Å². The van der Waals surface area contributed by atoms with Crippen LogP contribution in [0.5, 0.6) is 23.0 Å². The number of carbonyl (C=O) groups excluding carboxylic acids is 2. The van der Waals surface area contributed by atoms with Crippen molar-refractivity contribution in [2.24, 2.45) is 10.9 Å². The molecule has 1 saturated carbocycles. The van der Waals surface area contributed by atoms with Gasteiger partial charge < -0.3 is 24.1 Å². The maximum Gasteiger partial charge on any atom is 0.336 e. The van der Waals surface area contributed by atoms with Crippen molar-refractivity contribution in [1.82, 2.24) is 0 Å². The summed E-state index contributed by atoms with van der Waals surface area (Å²) in [6, 6.07) is 10.6. The fraction of sp³-hybridized carbons (Fsp3) is 0.414. The third kappa shape index (κ3) is 5.05. The summed E-state index contributed by atoms with van der Waals surface area (Å²) >= 11 is 0. The molecule has 1 aliphatic carbocycles. The van der Waals surface area contributed by atoms with Crippen molar-refractivity contribution in [2.45, 2.75) is 45.4 Å². The normalized spacial score (nSPS) is 21.2. The smallest absolute Gasteiger partial charge is 0.336 e. The summed E-state index contributed by atoms with van der Waals surface area (Å²) < 4.78 is 21.8. The van der Waals surface area contributed by atoms with E-state index in [2.05, 4.69) is 0 Å². The Balaban J connectivity index is 1.78. The summed E-state index contributed by atoms with van der Waals surface area (Å²) in [5.41, 5.74) is 3.28. The van der Waals surface area contributed by atoms with Crippen LogP contribution >= 0.6 is 0 Å². The third-order valence-corrected chi connectivity index (χ3v) is 6.97. The lowest BCUT2D eigenvalue weighted by atomic mass is 9.66. The number of ketones is 1. The number of hydrogen-bond donors (Lipinski definition) is 1. The highest BCUT2D eigenvalue weighted by atomic mass is 16.5. The molecule has 0 aromatic heterocycles. The monoisotopic (exact) mass is 507 g/mol. The number of aliphatic imine (C=N–C) groups is 1. The predicted molar refractivity (Wildman–Crippen MR) is 139 cm³/mol. The first-order chi connectivity index (χ1) is 17.8. The minimum atomic E-state index is -0.612. The molecule has 2 aliphatic rings. The van der Waals surface area contributed by atoms with Crippen LogP contribution in [0.3, 0.4) is 0 Å². The van der Waals surface area contributed by atoms with Gasteiger partial charge in [-0.1, -0.05) is 12.1 Å². The van der Waals surface area contributed by atoms with Crippen molar-refractivity contribution in [1.29, 1.82) is 0 Å². The summed E-state index contributed by atoms with van der Waals surface area (Å²) in [4.78, 5) is 31.7. The first kappa shape index (κ1) is 26.3. The molecular weight excluding hydrogens is 474 g/mol. The molecule has 8 nitrogen and oxygen atoms in total. The minimum absolute atomic E-state index is 0.00262. The van der Waals surface area contributed by atoms with E-state index in [0.29, 0.717) is 53.5 Å². The lowest BCUT2D eigenvalue weighted by Gasteiger charge is -2.38. The quantitative estimate of drug-likeness (QED) is 0.505. The Morgan fingerprint density at radius 1 is 0.946 bits per heavy atom. The number of hydrogen-bond acceptors (Lipinski definition) is 8. The van der Waals surface area contributed by atoms with Crippen molar-refractivity contribution >= 4 is 17.5 Å². The van der Waals surface area contributed by atoms with Gasteiger partial charge in [0.2, 0.25) is 0 Å². The first-order valence-electron chi connectivity index (χ1n) is 12.5. The summed E-state index contributed by atoms with van der Waals surface area (Å²) in [6.45, 7) is 5.91. The van der Waals surface area contributed by atoms with E-state index in [1.807, 2.05) is 25.1 Å². The average Bonchev–Trinajstić information content (AvgIpc) is 2.88. The second kappa shape index (κ2) is 11.1. The molecule has 3 atom stereocenters. The molecule has 1 fully saturated rings. The molecule has 196 valence electrons. The molecule has 1 aliphatic heterocycles. The number of aromatic hydroxyl groups is 1. The topological polar surface area (TPSA) is 104 Å². The highest BCUT2D eigenvalue weighted by Crippen LogP contribution is 2.47. The molecule has 0 radical (unpaired) electrons. The van der Waals surface area contributed by atoms with E-state index in [4.69, 9.17) is 23.9 Å². The van der Waals surface area contributed by atoms with Crippen LogP contribution in [0.25, 0.3) is 0 Å². The number of benzene rings is 2. The molecule has 1 heterocycles. The number of esters is 1. The van der Waals surface area contributed by atoms with Crippen LogP contribution in [-0.2, 0) is 14.3 Å². The fourth-order valence-electron chi connectivity index (χ4n) is 5.35. The number of rotatable bonds is 8. The van der Waals surface area contributed by atoms with Gasteiger partial charge in [0.15, 0.2) is 23.0 Å². The van der Waals surface area contributed by atoms with Crippen LogP contribution in [0.4, 0.5) is 0 Å². The Labute approximate surface area is 216 Å². The Kier molecular flexibility index (Phi) is 7.86. The summed E-state index contributed by atoms with van der Waals surface area (Å²) in [6.07, 6.45) is 0.855. The lowest BCUT2D eigenvalue weighted by Crippen LogP contribution is -2.41. The largest absolute Gasteiger partial charge is 0.504 e. The van der Waals surface area contributed by atoms with Gasteiger partial charge in [0.1, 0.15) is 5.78 Å². The molecule has 4 rings (SSSR count). The number of phenolic OH excluding ortho intramolecular Hbond substituents is 1. The van der Waals surface area contributed by atoms with E-state index in [0.717, 1.165) is 11.3 Å². The molecule has 0 saturated heterocycles. The molecular formula is C29H33NO7. The van der Waals surface area contributed by atoms with Gasteiger partial charge in [0.25, 0.3) is 0 Å². The number of ether oxygens (including phenoxy) is 4. The Bertz CT molecular complexity index is 1260. The summed E-state index contributed by atoms with van der Waals surface area (Å²) in [5.74, 6) is -0.261. The predicted octanol–water partition coefficient (Wildman–Crippen LogP) is 4.95. The van der Waals surface area contributed by atoms with Crippen molar-refractivity contribution in [3.8, 4) is 23.0 Å². The molecule has 2 aromatic rings. The molecule has 8 heteroatoms. The van der Waals surface area contributed by atoms with Gasteiger partial charge in [-0.25, -0.2) is 4.79 Å². The van der Waals surface area contributed by atoms with E-state index < -0.39 is 17.8 Å². The van der Waals surface area contributed by atoms with Gasteiger partial charge in [0, 0.05) is 23.7 Å². The highest BCUT2D eigenvalue weighted by Gasteiger charge is 2.46. The summed E-state index contributed by atoms with van der Waals surface area (Å²) in [5, 5.41) is 10.3. The molecule has 37 heavy (non-hydrogen) atoms. The van der Waals surface area contributed by atoms with Gasteiger partial charge in [-0.05, 0) is 68.5 Å². The van der Waals surface area contributed by atoms with Gasteiger partial charge in [0.05, 0.1) is 38.9 Å². The first-order valence-corrected chi connectivity index (χ1v) is 12.5. The zero-order valence-electron chi connectivity index (χ0n) is 21.9. The average molecular weight is 508 g/mol. The van der Waals surface area contributed by atoms with E-state index >= 15 is 0 Å². The van der Waals surface area contributed by atoms with E-state index in [9.17, 15) is 14.7 Å². The zero-order chi connectivity index (χ0) is 26.7. The van der Waals surface area contributed by atoms with Gasteiger partial charge in [-0.3, -0.25) is 9.79 Å². The highest BCUT2D eigenvalue weighted by molar-refractivity contribution is 6.12. The van der Waals surface area contributed by atoms with E-state index in [1.54, 1.807) is 40.2 Å². The molecule has 1 unspecified atom stereocenters. The Hall–Kier alpha value is -3.81. The van der Waals surface area contributed by atoms with Crippen molar-refractivity contribution < 1.29 is 33.6 Å². The van der Waals surface area contributed by atoms with Crippen molar-refractivity contribution in [3.05, 3.63) is 58.8 Å². The molecule has 0 bridgehead atoms. The second-order valence-electron chi connectivity index (χ2n) is 9.12. The SMILES string of the molecule is CCOC(=O)C1=C(C)N=C2C[C@H](c3ccc(OC)c(OC)c3)CC(=O)C2[C@@H]1c1ccc(O)c(OCC)c1. The van der Waals surface area contributed by atoms with Gasteiger partial charge in [-0.2, -0.15) is 0 Å². The number of methoxy groups -OCH3 is 2. The minimum Gasteiger partial charge on any atom is -0.504 e. The van der Waals surface area contributed by atoms with Crippen molar-refractivity contribution in [3.63, 3.8) is 0 Å².